The second-order valence-electron chi connectivity index (χ2n) is 16.1. The van der Waals surface area contributed by atoms with Crippen molar-refractivity contribution in [2.45, 2.75) is 0 Å². The van der Waals surface area contributed by atoms with Crippen LogP contribution in [0.4, 0.5) is 0 Å². The van der Waals surface area contributed by atoms with E-state index in [2.05, 4.69) is 204 Å². The van der Waals surface area contributed by atoms with Gasteiger partial charge in [0.05, 0.1) is 24.2 Å². The number of hydrogen-bond donors (Lipinski definition) is 0. The number of benzene rings is 8. The minimum atomic E-state index is 0.752. The lowest BCUT2D eigenvalue weighted by Crippen LogP contribution is -1.96. The van der Waals surface area contributed by atoms with Crippen LogP contribution in [0.2, 0.25) is 0 Å². The molecule has 0 spiro atoms. The van der Waals surface area contributed by atoms with Crippen molar-refractivity contribution in [3.63, 3.8) is 0 Å². The molecule has 0 aliphatic heterocycles. The smallest absolute Gasteiger partial charge is 0.130 e. The predicted molar refractivity (Wildman–Crippen MR) is 269 cm³/mol. The molecule has 0 fully saturated rings. The van der Waals surface area contributed by atoms with Crippen LogP contribution in [-0.2, 0) is 0 Å². The number of rotatable bonds is 11. The van der Waals surface area contributed by atoms with Gasteiger partial charge in [-0.1, -0.05) is 146 Å². The number of methoxy groups -OCH3 is 1. The molecule has 314 valence electrons. The van der Waals surface area contributed by atoms with Gasteiger partial charge in [-0.05, 0) is 133 Å². The van der Waals surface area contributed by atoms with Crippen molar-refractivity contribution in [3.8, 4) is 106 Å². The van der Waals surface area contributed by atoms with E-state index in [1.165, 1.54) is 0 Å². The molecule has 11 aromatic rings. The highest BCUT2D eigenvalue weighted by molar-refractivity contribution is 5.95. The monoisotopic (exact) mass is 849 g/mol. The molecule has 3 aromatic heterocycles. The van der Waals surface area contributed by atoms with Gasteiger partial charge in [-0.2, -0.15) is 10.2 Å². The number of nitrogens with zero attached hydrogens (tertiary/aromatic N) is 5. The van der Waals surface area contributed by atoms with Gasteiger partial charge in [-0.15, -0.1) is 0 Å². The standard InChI is InChI=1S/C60H43N5O/c1-66-60-40-59(46-17-11-16-45(36-46)42-14-3-2-4-15-42)61-41-58(60)57-23-10-9-22-56(57)49-38-47(54-20-7-5-18-52(54)43-24-28-50(29-25-43)64-34-12-32-62-64)37-48(39-49)55-21-8-6-19-53(55)44-26-30-51(31-27-44)65-35-13-33-63-65/h2-41H,1H3. The lowest BCUT2D eigenvalue weighted by atomic mass is 9.86. The summed E-state index contributed by atoms with van der Waals surface area (Å²) in [7, 11) is 1.74. The van der Waals surface area contributed by atoms with E-state index in [1.54, 1.807) is 19.5 Å². The first-order valence-corrected chi connectivity index (χ1v) is 22.0. The summed E-state index contributed by atoms with van der Waals surface area (Å²) in [5.41, 5.74) is 19.3. The molecule has 8 aromatic carbocycles. The van der Waals surface area contributed by atoms with Gasteiger partial charge in [0.15, 0.2) is 0 Å². The number of pyridine rings is 1. The molecule has 0 N–H and O–H groups in total. The van der Waals surface area contributed by atoms with E-state index < -0.39 is 0 Å². The molecular formula is C60H43N5O. The van der Waals surface area contributed by atoms with Gasteiger partial charge < -0.3 is 4.74 Å². The van der Waals surface area contributed by atoms with E-state index in [0.717, 1.165) is 106 Å². The van der Waals surface area contributed by atoms with Crippen LogP contribution < -0.4 is 4.74 Å². The summed E-state index contributed by atoms with van der Waals surface area (Å²) in [4.78, 5) is 5.08. The van der Waals surface area contributed by atoms with Gasteiger partial charge in [0.25, 0.3) is 0 Å². The van der Waals surface area contributed by atoms with Crippen LogP contribution >= 0.6 is 0 Å². The Morgan fingerprint density at radius 3 is 1.24 bits per heavy atom. The Bertz CT molecular complexity index is 3290. The van der Waals surface area contributed by atoms with Crippen LogP contribution in [0.25, 0.3) is 101 Å². The van der Waals surface area contributed by atoms with Crippen LogP contribution in [0.5, 0.6) is 5.75 Å². The molecule has 6 heteroatoms. The van der Waals surface area contributed by atoms with Crippen LogP contribution in [0.15, 0.2) is 243 Å². The van der Waals surface area contributed by atoms with E-state index in [4.69, 9.17) is 9.72 Å². The Morgan fingerprint density at radius 2 is 0.758 bits per heavy atom. The van der Waals surface area contributed by atoms with Crippen molar-refractivity contribution in [1.29, 1.82) is 0 Å². The maximum absolute atomic E-state index is 6.20. The minimum Gasteiger partial charge on any atom is -0.496 e. The fourth-order valence-electron chi connectivity index (χ4n) is 8.92. The molecule has 0 saturated heterocycles. The maximum atomic E-state index is 6.20. The van der Waals surface area contributed by atoms with Crippen LogP contribution in [-0.4, -0.2) is 31.7 Å². The molecule has 0 aliphatic rings. The van der Waals surface area contributed by atoms with E-state index in [0.29, 0.717) is 0 Å². The molecule has 0 aliphatic carbocycles. The van der Waals surface area contributed by atoms with E-state index in [-0.39, 0.29) is 0 Å². The van der Waals surface area contributed by atoms with Crippen molar-refractivity contribution in [2.75, 3.05) is 7.11 Å². The third-order valence-corrected chi connectivity index (χ3v) is 12.2. The fourth-order valence-corrected chi connectivity index (χ4v) is 8.92. The average Bonchev–Trinajstić information content (AvgIpc) is 4.16. The zero-order valence-corrected chi connectivity index (χ0v) is 36.2. The second-order valence-corrected chi connectivity index (χ2v) is 16.1. The predicted octanol–water partition coefficient (Wildman–Crippen LogP) is 14.8. The molecule has 3 heterocycles. The highest BCUT2D eigenvalue weighted by atomic mass is 16.5. The number of aromatic nitrogens is 5. The number of hydrogen-bond acceptors (Lipinski definition) is 4. The van der Waals surface area contributed by atoms with Crippen molar-refractivity contribution in [3.05, 3.63) is 243 Å². The Labute approximate surface area is 384 Å². The fraction of sp³-hybridized carbons (Fsp3) is 0.0167. The van der Waals surface area contributed by atoms with Crippen molar-refractivity contribution in [1.82, 2.24) is 24.5 Å². The van der Waals surface area contributed by atoms with Crippen LogP contribution in [0.1, 0.15) is 0 Å². The van der Waals surface area contributed by atoms with Gasteiger partial charge in [-0.25, -0.2) is 9.36 Å². The molecule has 0 unspecified atom stereocenters. The quantitative estimate of drug-likeness (QED) is 0.130. The van der Waals surface area contributed by atoms with Crippen LogP contribution in [0, 0.1) is 0 Å². The Hall–Kier alpha value is -8.87. The van der Waals surface area contributed by atoms with Gasteiger partial charge in [-0.3, -0.25) is 4.98 Å². The van der Waals surface area contributed by atoms with Crippen LogP contribution in [0.3, 0.4) is 0 Å². The van der Waals surface area contributed by atoms with Crippen molar-refractivity contribution < 1.29 is 4.74 Å². The summed E-state index contributed by atoms with van der Waals surface area (Å²) in [6.07, 6.45) is 9.48. The summed E-state index contributed by atoms with van der Waals surface area (Å²) in [5, 5.41) is 8.90. The average molecular weight is 850 g/mol. The van der Waals surface area contributed by atoms with E-state index >= 15 is 0 Å². The first-order valence-electron chi connectivity index (χ1n) is 22.0. The molecule has 0 bridgehead atoms. The van der Waals surface area contributed by atoms with Gasteiger partial charge >= 0.3 is 0 Å². The maximum Gasteiger partial charge on any atom is 0.130 e. The highest BCUT2D eigenvalue weighted by Gasteiger charge is 2.19. The molecule has 0 radical (unpaired) electrons. The molecule has 6 nitrogen and oxygen atoms in total. The van der Waals surface area contributed by atoms with E-state index in [9.17, 15) is 0 Å². The lowest BCUT2D eigenvalue weighted by Gasteiger charge is -2.19. The molecular weight excluding hydrogens is 807 g/mol. The highest BCUT2D eigenvalue weighted by Crippen LogP contribution is 2.44. The molecule has 66 heavy (non-hydrogen) atoms. The zero-order chi connectivity index (χ0) is 44.2. The Balaban J connectivity index is 1.05. The zero-order valence-electron chi connectivity index (χ0n) is 36.2. The third kappa shape index (κ3) is 7.89. The summed E-state index contributed by atoms with van der Waals surface area (Å²) < 4.78 is 9.96. The summed E-state index contributed by atoms with van der Waals surface area (Å²) >= 11 is 0. The first kappa shape index (κ1) is 39.9. The topological polar surface area (TPSA) is 57.8 Å². The molecule has 0 amide bonds. The third-order valence-electron chi connectivity index (χ3n) is 12.2. The molecule has 0 atom stereocenters. The normalized spacial score (nSPS) is 11.1. The Kier molecular flexibility index (Phi) is 10.7. The number of ether oxygens (including phenoxy) is 1. The van der Waals surface area contributed by atoms with Gasteiger partial charge in [0.2, 0.25) is 0 Å². The molecule has 11 rings (SSSR count). The van der Waals surface area contributed by atoms with Gasteiger partial charge in [0.1, 0.15) is 5.75 Å². The largest absolute Gasteiger partial charge is 0.496 e. The second kappa shape index (κ2) is 17.7. The summed E-state index contributed by atoms with van der Waals surface area (Å²) in [5.74, 6) is 0.752. The molecule has 0 saturated carbocycles. The Morgan fingerprint density at radius 1 is 0.333 bits per heavy atom. The lowest BCUT2D eigenvalue weighted by molar-refractivity contribution is 0.416. The minimum absolute atomic E-state index is 0.752. The van der Waals surface area contributed by atoms with E-state index in [1.807, 2.05) is 46.2 Å². The van der Waals surface area contributed by atoms with Crippen molar-refractivity contribution in [2.24, 2.45) is 0 Å². The first-order chi connectivity index (χ1) is 32.7. The van der Waals surface area contributed by atoms with Crippen molar-refractivity contribution >= 4 is 0 Å². The SMILES string of the molecule is COc1cc(-c2cccc(-c3ccccc3)c2)ncc1-c1ccccc1-c1cc(-c2ccccc2-c2ccc(-n3cccn3)cc2)cc(-c2ccccc2-c2ccc(-n3cccn3)cc2)c1. The summed E-state index contributed by atoms with van der Waals surface area (Å²) in [6, 6.07) is 75.0. The van der Waals surface area contributed by atoms with Gasteiger partial charge in [0, 0.05) is 48.2 Å². The summed E-state index contributed by atoms with van der Waals surface area (Å²) in [6.45, 7) is 0.